The van der Waals surface area contributed by atoms with Crippen LogP contribution in [0.15, 0.2) is 48.6 Å². The highest BCUT2D eigenvalue weighted by atomic mass is 31.2. The Kier molecular flexibility index (Phi) is 31.5. The zero-order valence-electron chi connectivity index (χ0n) is 32.4. The van der Waals surface area contributed by atoms with E-state index in [0.29, 0.717) is 17.4 Å². The van der Waals surface area contributed by atoms with E-state index in [1.807, 2.05) is 21.1 Å². The number of hydrogen-bond donors (Lipinski definition) is 1. The number of unbranched alkanes of at least 4 members (excludes halogenated alkanes) is 12. The molecule has 0 aromatic carbocycles. The van der Waals surface area contributed by atoms with Crippen molar-refractivity contribution in [1.82, 2.24) is 0 Å². The topological polar surface area (TPSA) is 108 Å². The van der Waals surface area contributed by atoms with Crippen molar-refractivity contribution in [3.05, 3.63) is 48.6 Å². The lowest BCUT2D eigenvalue weighted by Crippen LogP contribution is -2.37. The normalized spacial score (nSPS) is 14.3. The van der Waals surface area contributed by atoms with Crippen molar-refractivity contribution < 1.29 is 42.1 Å². The van der Waals surface area contributed by atoms with E-state index in [2.05, 4.69) is 62.5 Å². The van der Waals surface area contributed by atoms with E-state index >= 15 is 0 Å². The number of phosphoric ester groups is 1. The molecule has 0 aromatic heterocycles. The molecular formula is C40H73NO8P+. The van der Waals surface area contributed by atoms with Gasteiger partial charge >= 0.3 is 19.8 Å². The fraction of sp³-hybridized carbons (Fsp3) is 0.750. The first-order valence-corrected chi connectivity index (χ1v) is 20.9. The van der Waals surface area contributed by atoms with Crippen molar-refractivity contribution in [1.29, 1.82) is 0 Å². The molecule has 0 radical (unpaired) electrons. The number of allylic oxidation sites excluding steroid dienone is 8. The largest absolute Gasteiger partial charge is 0.472 e. The minimum Gasteiger partial charge on any atom is -0.462 e. The maximum absolute atomic E-state index is 12.6. The Morgan fingerprint density at radius 1 is 0.620 bits per heavy atom. The quantitative estimate of drug-likeness (QED) is 0.0230. The van der Waals surface area contributed by atoms with Gasteiger partial charge in [-0.1, -0.05) is 107 Å². The molecule has 0 rings (SSSR count). The first kappa shape index (κ1) is 48.0. The van der Waals surface area contributed by atoms with Crippen LogP contribution in [0.4, 0.5) is 0 Å². The molecule has 0 saturated carbocycles. The van der Waals surface area contributed by atoms with Crippen molar-refractivity contribution in [2.24, 2.45) is 0 Å². The van der Waals surface area contributed by atoms with Crippen LogP contribution in [0.1, 0.15) is 142 Å². The predicted octanol–water partition coefficient (Wildman–Crippen LogP) is 10.3. The number of hydrogen-bond acceptors (Lipinski definition) is 7. The third-order valence-electron chi connectivity index (χ3n) is 7.83. The SMILES string of the molecule is CCCC/C=C/CCCCCCCC(=O)OC[C@H](COP(=O)(O)OCC[N+](C)(C)C)OC(=O)CCCC/C=C/C/C=C/C/C=C/CCCCC. The average molecular weight is 727 g/mol. The lowest BCUT2D eigenvalue weighted by molar-refractivity contribution is -0.870. The standard InChI is InChI=1S/C40H72NO8P/c1-6-8-10-12-14-16-18-19-20-21-23-25-27-29-31-33-40(43)49-38(37-48-50(44,45)47-35-34-41(3,4)5)36-46-39(42)32-30-28-26-24-22-17-15-13-11-9-7-2/h13-16,19-20,23,25,38H,6-12,17-18,21-22,24,26-37H2,1-5H3/p+1/b15-13+,16-14+,20-19+,25-23+/t38-/m1/s1. The number of esters is 2. The van der Waals surface area contributed by atoms with E-state index in [1.54, 1.807) is 0 Å². The number of carbonyl (C=O) groups is 2. The molecule has 0 fully saturated rings. The molecule has 290 valence electrons. The monoisotopic (exact) mass is 727 g/mol. The predicted molar refractivity (Wildman–Crippen MR) is 206 cm³/mol. The van der Waals surface area contributed by atoms with Gasteiger partial charge in [0, 0.05) is 12.8 Å². The third kappa shape index (κ3) is 35.8. The Bertz CT molecular complexity index is 1000. The van der Waals surface area contributed by atoms with E-state index in [4.69, 9.17) is 18.5 Å². The van der Waals surface area contributed by atoms with Gasteiger partial charge < -0.3 is 18.9 Å². The van der Waals surface area contributed by atoms with Crippen LogP contribution in [0.3, 0.4) is 0 Å². The number of carbonyl (C=O) groups excluding carboxylic acids is 2. The maximum Gasteiger partial charge on any atom is 0.472 e. The first-order chi connectivity index (χ1) is 24.0. The summed E-state index contributed by atoms with van der Waals surface area (Å²) in [5, 5.41) is 0. The molecule has 50 heavy (non-hydrogen) atoms. The summed E-state index contributed by atoms with van der Waals surface area (Å²) in [7, 11) is 1.44. The van der Waals surface area contributed by atoms with Gasteiger partial charge in [-0.05, 0) is 70.6 Å². The van der Waals surface area contributed by atoms with Gasteiger partial charge in [0.1, 0.15) is 19.8 Å². The molecule has 0 aliphatic heterocycles. The van der Waals surface area contributed by atoms with Gasteiger partial charge in [0.2, 0.25) is 0 Å². The number of rotatable bonds is 34. The molecule has 0 aromatic rings. The highest BCUT2D eigenvalue weighted by Gasteiger charge is 2.27. The van der Waals surface area contributed by atoms with Gasteiger partial charge in [0.05, 0.1) is 27.7 Å². The molecule has 1 unspecified atom stereocenters. The summed E-state index contributed by atoms with van der Waals surface area (Å²) in [6, 6.07) is 0. The number of nitrogens with zero attached hydrogens (tertiary/aromatic N) is 1. The molecule has 0 aliphatic rings. The molecule has 9 nitrogen and oxygen atoms in total. The Hall–Kier alpha value is -2.03. The van der Waals surface area contributed by atoms with E-state index in [-0.39, 0.29) is 26.1 Å². The molecule has 0 bridgehead atoms. The average Bonchev–Trinajstić information content (AvgIpc) is 3.06. The summed E-state index contributed by atoms with van der Waals surface area (Å²) in [6.45, 7) is 4.27. The molecule has 0 aliphatic carbocycles. The van der Waals surface area contributed by atoms with Crippen molar-refractivity contribution in [3.8, 4) is 0 Å². The number of quaternary nitrogens is 1. The number of likely N-dealkylation sites (N-methyl/N-ethyl adjacent to an activating group) is 1. The Balaban J connectivity index is 4.54. The van der Waals surface area contributed by atoms with Gasteiger partial charge in [-0.25, -0.2) is 4.57 Å². The van der Waals surface area contributed by atoms with Crippen LogP contribution in [0.2, 0.25) is 0 Å². The minimum absolute atomic E-state index is 0.0215. The van der Waals surface area contributed by atoms with Gasteiger partial charge in [0.15, 0.2) is 6.10 Å². The summed E-state index contributed by atoms with van der Waals surface area (Å²) in [4.78, 5) is 35.1. The highest BCUT2D eigenvalue weighted by molar-refractivity contribution is 7.47. The van der Waals surface area contributed by atoms with Crippen LogP contribution in [0, 0.1) is 0 Å². The third-order valence-corrected chi connectivity index (χ3v) is 8.82. The van der Waals surface area contributed by atoms with Crippen molar-refractivity contribution in [3.63, 3.8) is 0 Å². The second kappa shape index (κ2) is 32.8. The van der Waals surface area contributed by atoms with Crippen molar-refractivity contribution in [2.75, 3.05) is 47.5 Å². The Labute approximate surface area is 305 Å². The zero-order chi connectivity index (χ0) is 37.2. The second-order valence-electron chi connectivity index (χ2n) is 14.0. The van der Waals surface area contributed by atoms with Crippen LogP contribution in [0.25, 0.3) is 0 Å². The minimum atomic E-state index is -4.38. The molecule has 0 heterocycles. The molecule has 0 amide bonds. The first-order valence-electron chi connectivity index (χ1n) is 19.4. The second-order valence-corrected chi connectivity index (χ2v) is 15.4. The Morgan fingerprint density at radius 2 is 1.10 bits per heavy atom. The van der Waals surface area contributed by atoms with Crippen molar-refractivity contribution in [2.45, 2.75) is 148 Å². The van der Waals surface area contributed by atoms with Gasteiger partial charge in [0.25, 0.3) is 0 Å². The fourth-order valence-electron chi connectivity index (χ4n) is 4.70. The summed E-state index contributed by atoms with van der Waals surface area (Å²) in [6.07, 6.45) is 35.9. The van der Waals surface area contributed by atoms with Crippen LogP contribution in [-0.2, 0) is 32.7 Å². The van der Waals surface area contributed by atoms with E-state index in [1.165, 1.54) is 32.1 Å². The summed E-state index contributed by atoms with van der Waals surface area (Å²) in [5.41, 5.74) is 0. The van der Waals surface area contributed by atoms with Gasteiger partial charge in [-0.2, -0.15) is 0 Å². The summed E-state index contributed by atoms with van der Waals surface area (Å²) < 4.78 is 34.1. The van der Waals surface area contributed by atoms with Crippen LogP contribution >= 0.6 is 7.82 Å². The molecule has 0 saturated heterocycles. The van der Waals surface area contributed by atoms with E-state index in [9.17, 15) is 19.0 Å². The zero-order valence-corrected chi connectivity index (χ0v) is 33.3. The molecular weight excluding hydrogens is 653 g/mol. The molecule has 0 spiro atoms. The highest BCUT2D eigenvalue weighted by Crippen LogP contribution is 2.43. The Morgan fingerprint density at radius 3 is 1.72 bits per heavy atom. The maximum atomic E-state index is 12.6. The fourth-order valence-corrected chi connectivity index (χ4v) is 5.45. The van der Waals surface area contributed by atoms with Gasteiger partial charge in [-0.15, -0.1) is 0 Å². The van der Waals surface area contributed by atoms with E-state index < -0.39 is 32.5 Å². The van der Waals surface area contributed by atoms with Crippen molar-refractivity contribution >= 4 is 19.8 Å². The van der Waals surface area contributed by atoms with E-state index in [0.717, 1.165) is 77.0 Å². The lowest BCUT2D eigenvalue weighted by atomic mass is 10.1. The number of ether oxygens (including phenoxy) is 2. The molecule has 1 N–H and O–H groups in total. The number of phosphoric acid groups is 1. The summed E-state index contributed by atoms with van der Waals surface area (Å²) in [5.74, 6) is -0.861. The van der Waals surface area contributed by atoms with Crippen LogP contribution in [0.5, 0.6) is 0 Å². The molecule has 10 heteroatoms. The smallest absolute Gasteiger partial charge is 0.462 e. The van der Waals surface area contributed by atoms with Crippen LogP contribution < -0.4 is 0 Å². The van der Waals surface area contributed by atoms with Crippen LogP contribution in [-0.4, -0.2) is 74.9 Å². The summed E-state index contributed by atoms with van der Waals surface area (Å²) >= 11 is 0. The van der Waals surface area contributed by atoms with Gasteiger partial charge in [-0.3, -0.25) is 18.6 Å². The lowest BCUT2D eigenvalue weighted by Gasteiger charge is -2.24. The molecule has 2 atom stereocenters.